The van der Waals surface area contributed by atoms with Gasteiger partial charge in [0.25, 0.3) is 0 Å². The van der Waals surface area contributed by atoms with Gasteiger partial charge in [-0.05, 0) is 41.5 Å². The Labute approximate surface area is 169 Å². The van der Waals surface area contributed by atoms with Crippen molar-refractivity contribution < 1.29 is 9.53 Å². The zero-order valence-corrected chi connectivity index (χ0v) is 16.4. The number of hydrogen-bond acceptors (Lipinski definition) is 6. The second-order valence-electron chi connectivity index (χ2n) is 7.51. The topological polar surface area (TPSA) is 70.6 Å². The first-order chi connectivity index (χ1) is 14.2. The highest BCUT2D eigenvalue weighted by atomic mass is 16.5. The van der Waals surface area contributed by atoms with Crippen molar-refractivity contribution in [2.45, 2.75) is 20.0 Å². The van der Waals surface area contributed by atoms with E-state index >= 15 is 0 Å². The number of carbonyl (C=O) groups excluding carboxylic acids is 1. The predicted octanol–water partition coefficient (Wildman–Crippen LogP) is 3.07. The van der Waals surface area contributed by atoms with Gasteiger partial charge in [-0.3, -0.25) is 4.79 Å². The molecular weight excluding hydrogens is 366 g/mol. The summed E-state index contributed by atoms with van der Waals surface area (Å²) in [6, 6.07) is 12.5. The highest BCUT2D eigenvalue weighted by molar-refractivity contribution is 5.93. The van der Waals surface area contributed by atoms with Crippen LogP contribution in [0.15, 0.2) is 42.7 Å². The number of ether oxygens (including phenoxy) is 1. The summed E-state index contributed by atoms with van der Waals surface area (Å²) in [6.45, 7) is 6.24. The van der Waals surface area contributed by atoms with Crippen molar-refractivity contribution >= 4 is 34.0 Å². The molecule has 2 aliphatic rings. The van der Waals surface area contributed by atoms with Gasteiger partial charge in [0.05, 0.1) is 18.7 Å². The van der Waals surface area contributed by atoms with Crippen LogP contribution in [0, 0.1) is 0 Å². The zero-order valence-electron chi connectivity index (χ0n) is 16.4. The summed E-state index contributed by atoms with van der Waals surface area (Å²) >= 11 is 0. The maximum atomic E-state index is 11.7. The van der Waals surface area contributed by atoms with E-state index in [0.29, 0.717) is 13.1 Å². The maximum Gasteiger partial charge on any atom is 0.220 e. The Bertz CT molecular complexity index is 1080. The largest absolute Gasteiger partial charge is 0.378 e. The monoisotopic (exact) mass is 389 g/mol. The lowest BCUT2D eigenvalue weighted by Crippen LogP contribution is -2.36. The lowest BCUT2D eigenvalue weighted by atomic mass is 10.1. The Morgan fingerprint density at radius 1 is 1.03 bits per heavy atom. The molecule has 29 heavy (non-hydrogen) atoms. The molecule has 2 aromatic carbocycles. The standard InChI is InChI=1S/C22H23N5O2/c1-15(28)27-12-16-2-3-18(10-17(16)13-27)25-22-20-11-19(26-6-8-29-9-7-26)4-5-21(20)23-14-24-22/h2-5,10-11,14H,6-9,12-13H2,1H3,(H,23,24,25). The van der Waals surface area contributed by atoms with Crippen LogP contribution in [-0.4, -0.2) is 47.1 Å². The van der Waals surface area contributed by atoms with Crippen LogP contribution in [0.4, 0.5) is 17.2 Å². The van der Waals surface area contributed by atoms with Gasteiger partial charge in [-0.2, -0.15) is 0 Å². The third-order valence-corrected chi connectivity index (χ3v) is 5.63. The first-order valence-electron chi connectivity index (χ1n) is 9.89. The fourth-order valence-electron chi connectivity index (χ4n) is 3.99. The highest BCUT2D eigenvalue weighted by Crippen LogP contribution is 2.30. The molecule has 5 rings (SSSR count). The summed E-state index contributed by atoms with van der Waals surface area (Å²) in [5.41, 5.74) is 5.41. The quantitative estimate of drug-likeness (QED) is 0.742. The molecule has 1 fully saturated rings. The van der Waals surface area contributed by atoms with Gasteiger partial charge in [0.1, 0.15) is 12.1 Å². The van der Waals surface area contributed by atoms with Crippen LogP contribution in [0.5, 0.6) is 0 Å². The maximum absolute atomic E-state index is 11.7. The number of amides is 1. The van der Waals surface area contributed by atoms with E-state index in [0.717, 1.165) is 54.4 Å². The Morgan fingerprint density at radius 2 is 1.86 bits per heavy atom. The summed E-state index contributed by atoms with van der Waals surface area (Å²) < 4.78 is 5.47. The fraction of sp³-hybridized carbons (Fsp3) is 0.318. The summed E-state index contributed by atoms with van der Waals surface area (Å²) in [5.74, 6) is 0.889. The van der Waals surface area contributed by atoms with Gasteiger partial charge in [0.15, 0.2) is 0 Å². The number of carbonyl (C=O) groups is 1. The number of benzene rings is 2. The Morgan fingerprint density at radius 3 is 2.69 bits per heavy atom. The van der Waals surface area contributed by atoms with E-state index in [1.807, 2.05) is 17.0 Å². The molecule has 0 radical (unpaired) electrons. The molecule has 1 saturated heterocycles. The van der Waals surface area contributed by atoms with Crippen molar-refractivity contribution in [3.05, 3.63) is 53.9 Å². The molecule has 2 aliphatic heterocycles. The van der Waals surface area contributed by atoms with Gasteiger partial charge in [-0.1, -0.05) is 6.07 Å². The van der Waals surface area contributed by atoms with Gasteiger partial charge in [-0.15, -0.1) is 0 Å². The summed E-state index contributed by atoms with van der Waals surface area (Å²) in [5, 5.41) is 4.44. The number of rotatable bonds is 3. The molecular formula is C22H23N5O2. The molecule has 1 aromatic heterocycles. The smallest absolute Gasteiger partial charge is 0.220 e. The van der Waals surface area contributed by atoms with Crippen LogP contribution >= 0.6 is 0 Å². The second-order valence-corrected chi connectivity index (χ2v) is 7.51. The molecule has 0 spiro atoms. The Hall–Kier alpha value is -3.19. The Balaban J connectivity index is 1.45. The molecule has 0 unspecified atom stereocenters. The van der Waals surface area contributed by atoms with Crippen molar-refractivity contribution in [3.8, 4) is 0 Å². The van der Waals surface area contributed by atoms with E-state index in [9.17, 15) is 4.79 Å². The van der Waals surface area contributed by atoms with E-state index in [1.54, 1.807) is 13.3 Å². The molecule has 148 valence electrons. The molecule has 1 N–H and O–H groups in total. The van der Waals surface area contributed by atoms with E-state index in [-0.39, 0.29) is 5.91 Å². The number of anilines is 3. The summed E-state index contributed by atoms with van der Waals surface area (Å²) in [6.07, 6.45) is 1.59. The van der Waals surface area contributed by atoms with Gasteiger partial charge in [0, 0.05) is 49.9 Å². The SMILES string of the molecule is CC(=O)N1Cc2ccc(Nc3ncnc4ccc(N5CCOCC5)cc34)cc2C1. The lowest BCUT2D eigenvalue weighted by molar-refractivity contribution is -0.129. The number of aromatic nitrogens is 2. The third kappa shape index (κ3) is 3.49. The van der Waals surface area contributed by atoms with Crippen LogP contribution in [0.1, 0.15) is 18.1 Å². The molecule has 3 aromatic rings. The van der Waals surface area contributed by atoms with Crippen molar-refractivity contribution in [3.63, 3.8) is 0 Å². The average molecular weight is 389 g/mol. The van der Waals surface area contributed by atoms with E-state index in [1.165, 1.54) is 11.1 Å². The van der Waals surface area contributed by atoms with Crippen LogP contribution in [0.25, 0.3) is 10.9 Å². The normalized spacial score (nSPS) is 16.2. The second kappa shape index (κ2) is 7.33. The highest BCUT2D eigenvalue weighted by Gasteiger charge is 2.21. The van der Waals surface area contributed by atoms with Crippen molar-refractivity contribution in [2.24, 2.45) is 0 Å². The van der Waals surface area contributed by atoms with Crippen molar-refractivity contribution in [2.75, 3.05) is 36.5 Å². The molecule has 0 aliphatic carbocycles. The number of hydrogen-bond donors (Lipinski definition) is 1. The van der Waals surface area contributed by atoms with Crippen LogP contribution in [0.2, 0.25) is 0 Å². The van der Waals surface area contributed by atoms with E-state index in [2.05, 4.69) is 44.5 Å². The van der Waals surface area contributed by atoms with E-state index in [4.69, 9.17) is 4.74 Å². The number of nitrogens with zero attached hydrogens (tertiary/aromatic N) is 4. The summed E-state index contributed by atoms with van der Waals surface area (Å²) in [7, 11) is 0. The van der Waals surface area contributed by atoms with Crippen LogP contribution in [-0.2, 0) is 22.6 Å². The predicted molar refractivity (Wildman–Crippen MR) is 112 cm³/mol. The minimum Gasteiger partial charge on any atom is -0.378 e. The molecule has 0 atom stereocenters. The first kappa shape index (κ1) is 17.9. The molecule has 1 amide bonds. The molecule has 0 saturated carbocycles. The minimum atomic E-state index is 0.105. The third-order valence-electron chi connectivity index (χ3n) is 5.63. The minimum absolute atomic E-state index is 0.105. The number of fused-ring (bicyclic) bond motifs is 2. The lowest BCUT2D eigenvalue weighted by Gasteiger charge is -2.29. The summed E-state index contributed by atoms with van der Waals surface area (Å²) in [4.78, 5) is 24.8. The number of morpholine rings is 1. The zero-order chi connectivity index (χ0) is 19.8. The van der Waals surface area contributed by atoms with Gasteiger partial charge in [0.2, 0.25) is 5.91 Å². The van der Waals surface area contributed by atoms with Gasteiger partial charge in [-0.25, -0.2) is 9.97 Å². The van der Waals surface area contributed by atoms with Crippen LogP contribution in [0.3, 0.4) is 0 Å². The van der Waals surface area contributed by atoms with Crippen LogP contribution < -0.4 is 10.2 Å². The Kier molecular flexibility index (Phi) is 4.52. The molecule has 7 heteroatoms. The van der Waals surface area contributed by atoms with Gasteiger partial charge < -0.3 is 19.9 Å². The number of nitrogens with one attached hydrogen (secondary N) is 1. The molecule has 7 nitrogen and oxygen atoms in total. The van der Waals surface area contributed by atoms with Crippen molar-refractivity contribution in [1.82, 2.24) is 14.9 Å². The first-order valence-corrected chi connectivity index (χ1v) is 9.89. The van der Waals surface area contributed by atoms with E-state index < -0.39 is 0 Å². The molecule has 3 heterocycles. The fourth-order valence-corrected chi connectivity index (χ4v) is 3.99. The molecule has 0 bridgehead atoms. The van der Waals surface area contributed by atoms with Gasteiger partial charge >= 0.3 is 0 Å². The average Bonchev–Trinajstić information content (AvgIpc) is 3.18. The van der Waals surface area contributed by atoms with Crippen molar-refractivity contribution in [1.29, 1.82) is 0 Å².